The summed E-state index contributed by atoms with van der Waals surface area (Å²) in [6.45, 7) is 1.79. The maximum atomic E-state index is 12.1. The molecule has 112 valence electrons. The molecule has 0 spiro atoms. The molecular formula is C15H18ClN3O2. The molecule has 1 aromatic rings. The van der Waals surface area contributed by atoms with Crippen molar-refractivity contribution in [2.24, 2.45) is 0 Å². The van der Waals surface area contributed by atoms with Gasteiger partial charge in [-0.3, -0.25) is 9.59 Å². The molecule has 0 aliphatic heterocycles. The van der Waals surface area contributed by atoms with Crippen LogP contribution in [0.4, 0.5) is 0 Å². The van der Waals surface area contributed by atoms with Crippen molar-refractivity contribution < 1.29 is 9.59 Å². The fourth-order valence-electron chi connectivity index (χ4n) is 1.87. The van der Waals surface area contributed by atoms with Crippen LogP contribution in [0, 0.1) is 11.3 Å². The molecule has 0 saturated heterocycles. The highest BCUT2D eigenvalue weighted by Gasteiger charge is 2.19. The Hall–Kier alpha value is -2.06. The molecule has 0 heterocycles. The molecule has 0 aliphatic carbocycles. The van der Waals surface area contributed by atoms with Gasteiger partial charge in [0.05, 0.1) is 25.0 Å². The van der Waals surface area contributed by atoms with Gasteiger partial charge in [-0.25, -0.2) is 0 Å². The zero-order valence-electron chi connectivity index (χ0n) is 12.1. The van der Waals surface area contributed by atoms with Gasteiger partial charge in [-0.15, -0.1) is 0 Å². The number of halogens is 1. The number of hydrogen-bond acceptors (Lipinski definition) is 3. The van der Waals surface area contributed by atoms with Crippen molar-refractivity contribution in [1.29, 1.82) is 5.26 Å². The third-order valence-corrected chi connectivity index (χ3v) is 3.27. The molecule has 2 amide bonds. The summed E-state index contributed by atoms with van der Waals surface area (Å²) >= 11 is 5.84. The van der Waals surface area contributed by atoms with E-state index in [4.69, 9.17) is 16.9 Å². The van der Waals surface area contributed by atoms with Crippen LogP contribution in [0.2, 0.25) is 5.02 Å². The van der Waals surface area contributed by atoms with Gasteiger partial charge in [0, 0.05) is 25.5 Å². The highest BCUT2D eigenvalue weighted by atomic mass is 35.5. The highest BCUT2D eigenvalue weighted by molar-refractivity contribution is 6.30. The van der Waals surface area contributed by atoms with E-state index in [0.29, 0.717) is 11.6 Å². The third-order valence-electron chi connectivity index (χ3n) is 3.01. The number of carbonyl (C=O) groups is 2. The van der Waals surface area contributed by atoms with Crippen molar-refractivity contribution in [3.05, 3.63) is 34.9 Å². The van der Waals surface area contributed by atoms with E-state index in [1.807, 2.05) is 6.07 Å². The Morgan fingerprint density at radius 1 is 1.38 bits per heavy atom. The third kappa shape index (κ3) is 5.84. The van der Waals surface area contributed by atoms with Crippen LogP contribution in [0.15, 0.2) is 24.3 Å². The molecule has 1 N–H and O–H groups in total. The van der Waals surface area contributed by atoms with Gasteiger partial charge in [0.15, 0.2) is 0 Å². The lowest BCUT2D eigenvalue weighted by Crippen LogP contribution is -2.34. The van der Waals surface area contributed by atoms with E-state index in [1.54, 1.807) is 31.3 Å². The second-order valence-electron chi connectivity index (χ2n) is 4.73. The summed E-state index contributed by atoms with van der Waals surface area (Å²) in [5.41, 5.74) is 0.816. The molecule has 1 aromatic carbocycles. The molecule has 1 atom stereocenters. The topological polar surface area (TPSA) is 73.2 Å². The quantitative estimate of drug-likeness (QED) is 0.876. The molecule has 6 heteroatoms. The first-order chi connectivity index (χ1) is 9.93. The standard InChI is InChI=1S/C15H18ClN3O2/c1-11(20)18-14(12-4-6-13(16)7-5-12)10-15(21)19(2)9-3-8-17/h4-7,14H,3,9-10H2,1-2H3,(H,18,20). The molecule has 0 fully saturated rings. The Balaban J connectivity index is 2.79. The van der Waals surface area contributed by atoms with Gasteiger partial charge >= 0.3 is 0 Å². The molecule has 21 heavy (non-hydrogen) atoms. The van der Waals surface area contributed by atoms with Gasteiger partial charge in [-0.2, -0.15) is 5.26 Å². The minimum Gasteiger partial charge on any atom is -0.349 e. The summed E-state index contributed by atoms with van der Waals surface area (Å²) in [5, 5.41) is 11.9. The fraction of sp³-hybridized carbons (Fsp3) is 0.400. The lowest BCUT2D eigenvalue weighted by molar-refractivity contribution is -0.130. The number of benzene rings is 1. The van der Waals surface area contributed by atoms with Gasteiger partial charge in [-0.1, -0.05) is 23.7 Å². The first kappa shape index (κ1) is 17.0. The van der Waals surface area contributed by atoms with Gasteiger partial charge in [0.1, 0.15) is 0 Å². The van der Waals surface area contributed by atoms with Crippen LogP contribution in [0.25, 0.3) is 0 Å². The molecule has 1 unspecified atom stereocenters. The second-order valence-corrected chi connectivity index (χ2v) is 5.17. The molecular weight excluding hydrogens is 290 g/mol. The van der Waals surface area contributed by atoms with Gasteiger partial charge in [-0.05, 0) is 17.7 Å². The number of amides is 2. The van der Waals surface area contributed by atoms with E-state index in [1.165, 1.54) is 11.8 Å². The minimum atomic E-state index is -0.406. The SMILES string of the molecule is CC(=O)NC(CC(=O)N(C)CCC#N)c1ccc(Cl)cc1. The summed E-state index contributed by atoms with van der Waals surface area (Å²) in [4.78, 5) is 24.9. The van der Waals surface area contributed by atoms with Crippen LogP contribution in [-0.4, -0.2) is 30.3 Å². The van der Waals surface area contributed by atoms with Gasteiger partial charge in [0.25, 0.3) is 0 Å². The van der Waals surface area contributed by atoms with Crippen molar-refractivity contribution in [3.8, 4) is 6.07 Å². The normalized spacial score (nSPS) is 11.3. The molecule has 0 saturated carbocycles. The van der Waals surface area contributed by atoms with E-state index in [9.17, 15) is 9.59 Å². The van der Waals surface area contributed by atoms with Gasteiger partial charge in [0.2, 0.25) is 11.8 Å². The molecule has 0 radical (unpaired) electrons. The Morgan fingerprint density at radius 3 is 2.52 bits per heavy atom. The number of nitrogens with one attached hydrogen (secondary N) is 1. The molecule has 1 rings (SSSR count). The lowest BCUT2D eigenvalue weighted by Gasteiger charge is -2.22. The van der Waals surface area contributed by atoms with Gasteiger partial charge < -0.3 is 10.2 Å². The first-order valence-corrected chi connectivity index (χ1v) is 6.95. The number of carbonyl (C=O) groups excluding carboxylic acids is 2. The molecule has 0 bridgehead atoms. The summed E-state index contributed by atoms with van der Waals surface area (Å²) in [5.74, 6) is -0.332. The minimum absolute atomic E-state index is 0.126. The van der Waals surface area contributed by atoms with Crippen molar-refractivity contribution in [3.63, 3.8) is 0 Å². The Bertz CT molecular complexity index is 537. The Kier molecular flexibility index (Phi) is 6.70. The predicted octanol–water partition coefficient (Wildman–Crippen LogP) is 2.28. The predicted molar refractivity (Wildman–Crippen MR) is 80.5 cm³/mol. The molecule has 5 nitrogen and oxygen atoms in total. The number of nitriles is 1. The zero-order valence-corrected chi connectivity index (χ0v) is 12.9. The summed E-state index contributed by atoms with van der Waals surface area (Å²) < 4.78 is 0. The summed E-state index contributed by atoms with van der Waals surface area (Å²) in [7, 11) is 1.65. The maximum Gasteiger partial charge on any atom is 0.224 e. The van der Waals surface area contributed by atoms with E-state index in [0.717, 1.165) is 5.56 Å². The Morgan fingerprint density at radius 2 is 2.00 bits per heavy atom. The van der Waals surface area contributed by atoms with Crippen LogP contribution in [-0.2, 0) is 9.59 Å². The van der Waals surface area contributed by atoms with E-state index < -0.39 is 6.04 Å². The largest absolute Gasteiger partial charge is 0.349 e. The second kappa shape index (κ2) is 8.28. The van der Waals surface area contributed by atoms with Crippen LogP contribution in [0.1, 0.15) is 31.4 Å². The van der Waals surface area contributed by atoms with Crippen LogP contribution < -0.4 is 5.32 Å². The monoisotopic (exact) mass is 307 g/mol. The van der Waals surface area contributed by atoms with Crippen molar-refractivity contribution in [1.82, 2.24) is 10.2 Å². The van der Waals surface area contributed by atoms with E-state index >= 15 is 0 Å². The van der Waals surface area contributed by atoms with Crippen molar-refractivity contribution in [2.75, 3.05) is 13.6 Å². The van der Waals surface area contributed by atoms with Crippen molar-refractivity contribution >= 4 is 23.4 Å². The maximum absolute atomic E-state index is 12.1. The fourth-order valence-corrected chi connectivity index (χ4v) is 1.99. The smallest absolute Gasteiger partial charge is 0.224 e. The van der Waals surface area contributed by atoms with E-state index in [2.05, 4.69) is 5.32 Å². The average molecular weight is 308 g/mol. The van der Waals surface area contributed by atoms with Crippen LogP contribution >= 0.6 is 11.6 Å². The first-order valence-electron chi connectivity index (χ1n) is 6.57. The number of hydrogen-bond donors (Lipinski definition) is 1. The molecule has 0 aliphatic rings. The number of nitrogens with zero attached hydrogens (tertiary/aromatic N) is 2. The lowest BCUT2D eigenvalue weighted by atomic mass is 10.0. The van der Waals surface area contributed by atoms with Crippen LogP contribution in [0.5, 0.6) is 0 Å². The van der Waals surface area contributed by atoms with Crippen LogP contribution in [0.3, 0.4) is 0 Å². The number of rotatable bonds is 6. The highest BCUT2D eigenvalue weighted by Crippen LogP contribution is 2.20. The average Bonchev–Trinajstić information content (AvgIpc) is 2.44. The summed E-state index contributed by atoms with van der Waals surface area (Å²) in [6, 6.07) is 8.60. The van der Waals surface area contributed by atoms with E-state index in [-0.39, 0.29) is 24.7 Å². The zero-order chi connectivity index (χ0) is 15.8. The Labute approximate surface area is 129 Å². The molecule has 0 aromatic heterocycles. The summed E-state index contributed by atoms with van der Waals surface area (Å²) in [6.07, 6.45) is 0.428. The van der Waals surface area contributed by atoms with Crippen molar-refractivity contribution in [2.45, 2.75) is 25.8 Å².